The van der Waals surface area contributed by atoms with Gasteiger partial charge in [0.2, 0.25) is 0 Å². The molecule has 1 N–H and O–H groups in total. The van der Waals surface area contributed by atoms with Crippen LogP contribution >= 0.6 is 0 Å². The summed E-state index contributed by atoms with van der Waals surface area (Å²) >= 11 is 0. The summed E-state index contributed by atoms with van der Waals surface area (Å²) in [6, 6.07) is 10.9. The monoisotopic (exact) mass is 259 g/mol. The quantitative estimate of drug-likeness (QED) is 0.686. The molecule has 1 aromatic rings. The Bertz CT molecular complexity index is 372. The lowest BCUT2D eigenvalue weighted by molar-refractivity contribution is 0.396. The topological polar surface area (TPSA) is 12.0 Å². The highest BCUT2D eigenvalue weighted by atomic mass is 14.9. The minimum atomic E-state index is 0.182. The average molecular weight is 259 g/mol. The molecule has 1 aromatic carbocycles. The third-order valence-electron chi connectivity index (χ3n) is 3.31. The van der Waals surface area contributed by atoms with Crippen LogP contribution in [0.5, 0.6) is 0 Å². The van der Waals surface area contributed by atoms with E-state index in [1.807, 2.05) is 0 Å². The summed E-state index contributed by atoms with van der Waals surface area (Å²) < 4.78 is 0. The molecule has 106 valence electrons. The second kappa shape index (κ2) is 7.49. The molecule has 1 unspecified atom stereocenters. The van der Waals surface area contributed by atoms with Gasteiger partial charge in [-0.2, -0.15) is 0 Å². The van der Waals surface area contributed by atoms with Gasteiger partial charge in [-0.1, -0.05) is 35.9 Å². The van der Waals surface area contributed by atoms with E-state index in [1.165, 1.54) is 24.0 Å². The van der Waals surface area contributed by atoms with Crippen LogP contribution in [0.25, 0.3) is 0 Å². The highest BCUT2D eigenvalue weighted by Gasteiger charge is 2.15. The van der Waals surface area contributed by atoms with Crippen molar-refractivity contribution in [3.8, 4) is 0 Å². The van der Waals surface area contributed by atoms with Gasteiger partial charge in [0.25, 0.3) is 0 Å². The third-order valence-corrected chi connectivity index (χ3v) is 3.31. The molecular formula is C18H29N. The Morgan fingerprint density at radius 1 is 1.21 bits per heavy atom. The summed E-state index contributed by atoms with van der Waals surface area (Å²) in [6.45, 7) is 13.8. The van der Waals surface area contributed by atoms with Crippen molar-refractivity contribution >= 4 is 0 Å². The number of hydrogen-bond acceptors (Lipinski definition) is 1. The Labute approximate surface area is 119 Å². The van der Waals surface area contributed by atoms with Crippen LogP contribution in [0.4, 0.5) is 0 Å². The second-order valence-corrected chi connectivity index (χ2v) is 6.59. The zero-order valence-corrected chi connectivity index (χ0v) is 13.0. The molecule has 0 aliphatic heterocycles. The molecule has 0 bridgehead atoms. The van der Waals surface area contributed by atoms with E-state index in [2.05, 4.69) is 69.9 Å². The van der Waals surface area contributed by atoms with Crippen LogP contribution in [0.15, 0.2) is 42.5 Å². The van der Waals surface area contributed by atoms with Gasteiger partial charge in [-0.3, -0.25) is 0 Å². The van der Waals surface area contributed by atoms with Gasteiger partial charge in [-0.15, -0.1) is 6.58 Å². The molecule has 1 nitrogen and oxygen atoms in total. The normalized spacial score (nSPS) is 13.3. The first-order valence-electron chi connectivity index (χ1n) is 7.33. The summed E-state index contributed by atoms with van der Waals surface area (Å²) in [6.07, 6.45) is 3.58. The van der Waals surface area contributed by atoms with Crippen molar-refractivity contribution in [1.82, 2.24) is 5.32 Å². The van der Waals surface area contributed by atoms with E-state index in [9.17, 15) is 0 Å². The maximum Gasteiger partial charge on any atom is 0.00967 e. The zero-order chi connectivity index (χ0) is 14.3. The molecule has 0 saturated carbocycles. The first kappa shape index (κ1) is 16.0. The minimum absolute atomic E-state index is 0.182. The Kier molecular flexibility index (Phi) is 6.30. The molecule has 0 fully saturated rings. The Hall–Kier alpha value is -1.08. The lowest BCUT2D eigenvalue weighted by atomic mass is 9.92. The van der Waals surface area contributed by atoms with E-state index in [0.717, 1.165) is 13.0 Å². The van der Waals surface area contributed by atoms with Gasteiger partial charge in [0.15, 0.2) is 0 Å². The van der Waals surface area contributed by atoms with Gasteiger partial charge in [0.05, 0.1) is 0 Å². The summed E-state index contributed by atoms with van der Waals surface area (Å²) in [5, 5.41) is 3.64. The Balaban J connectivity index is 2.60. The first-order chi connectivity index (χ1) is 8.88. The van der Waals surface area contributed by atoms with Crippen LogP contribution in [-0.2, 0) is 0 Å². The fourth-order valence-electron chi connectivity index (χ4n) is 2.19. The van der Waals surface area contributed by atoms with Gasteiger partial charge in [-0.25, -0.2) is 0 Å². The average Bonchev–Trinajstić information content (AvgIpc) is 2.33. The molecule has 0 aromatic heterocycles. The van der Waals surface area contributed by atoms with Gasteiger partial charge in [-0.05, 0) is 58.4 Å². The van der Waals surface area contributed by atoms with Crippen LogP contribution in [0.3, 0.4) is 0 Å². The first-order valence-corrected chi connectivity index (χ1v) is 7.33. The van der Waals surface area contributed by atoms with Crippen LogP contribution in [-0.4, -0.2) is 12.1 Å². The summed E-state index contributed by atoms with van der Waals surface area (Å²) in [5.74, 6) is 0.597. The third kappa shape index (κ3) is 7.17. The molecule has 1 atom stereocenters. The van der Waals surface area contributed by atoms with Crippen molar-refractivity contribution in [2.45, 2.75) is 58.4 Å². The number of hydrogen-bond donors (Lipinski definition) is 1. The predicted octanol–water partition coefficient (Wildman–Crippen LogP) is 4.90. The van der Waals surface area contributed by atoms with E-state index in [1.54, 1.807) is 0 Å². The molecular weight excluding hydrogens is 230 g/mol. The van der Waals surface area contributed by atoms with Crippen molar-refractivity contribution in [1.29, 1.82) is 0 Å². The minimum Gasteiger partial charge on any atom is -0.311 e. The number of rotatable bonds is 7. The Morgan fingerprint density at radius 2 is 1.84 bits per heavy atom. The van der Waals surface area contributed by atoms with E-state index in [0.29, 0.717) is 5.92 Å². The van der Waals surface area contributed by atoms with Crippen molar-refractivity contribution in [3.63, 3.8) is 0 Å². The molecule has 1 heteroatoms. The van der Waals surface area contributed by atoms with Crippen LogP contribution < -0.4 is 5.32 Å². The smallest absolute Gasteiger partial charge is 0.00967 e. The van der Waals surface area contributed by atoms with Crippen molar-refractivity contribution in [3.05, 3.63) is 48.0 Å². The summed E-state index contributed by atoms with van der Waals surface area (Å²) in [4.78, 5) is 0. The summed E-state index contributed by atoms with van der Waals surface area (Å²) in [5.41, 5.74) is 2.91. The molecule has 0 amide bonds. The van der Waals surface area contributed by atoms with Gasteiger partial charge < -0.3 is 5.32 Å². The fraction of sp³-hybridized carbons (Fsp3) is 0.556. The van der Waals surface area contributed by atoms with Crippen molar-refractivity contribution < 1.29 is 0 Å². The molecule has 0 heterocycles. The van der Waals surface area contributed by atoms with E-state index < -0.39 is 0 Å². The molecule has 1 rings (SSSR count). The lowest BCUT2D eigenvalue weighted by Crippen LogP contribution is -2.38. The molecule has 19 heavy (non-hydrogen) atoms. The van der Waals surface area contributed by atoms with Crippen LogP contribution in [0, 0.1) is 0 Å². The number of allylic oxidation sites excluding steroid dienone is 1. The molecule has 0 saturated heterocycles. The molecule has 0 aliphatic carbocycles. The molecule has 0 radical (unpaired) electrons. The predicted molar refractivity (Wildman–Crippen MR) is 85.6 cm³/mol. The van der Waals surface area contributed by atoms with E-state index in [4.69, 9.17) is 0 Å². The SMILES string of the molecule is C=C(C)CCCC(CNC(C)(C)C)c1ccccc1. The molecule has 0 spiro atoms. The maximum absolute atomic E-state index is 3.99. The summed E-state index contributed by atoms with van der Waals surface area (Å²) in [7, 11) is 0. The lowest BCUT2D eigenvalue weighted by Gasteiger charge is -2.25. The van der Waals surface area contributed by atoms with Crippen molar-refractivity contribution in [2.24, 2.45) is 0 Å². The van der Waals surface area contributed by atoms with E-state index in [-0.39, 0.29) is 5.54 Å². The zero-order valence-electron chi connectivity index (χ0n) is 13.0. The highest BCUT2D eigenvalue weighted by molar-refractivity contribution is 5.20. The second-order valence-electron chi connectivity index (χ2n) is 6.59. The largest absolute Gasteiger partial charge is 0.311 e. The standard InChI is InChI=1S/C18H29N/c1-15(2)10-9-13-17(14-19-18(3,4)5)16-11-7-6-8-12-16/h6-8,11-12,17,19H,1,9-10,13-14H2,2-5H3. The van der Waals surface area contributed by atoms with Crippen molar-refractivity contribution in [2.75, 3.05) is 6.54 Å². The van der Waals surface area contributed by atoms with E-state index >= 15 is 0 Å². The fourth-order valence-corrected chi connectivity index (χ4v) is 2.19. The van der Waals surface area contributed by atoms with Gasteiger partial charge in [0, 0.05) is 12.1 Å². The van der Waals surface area contributed by atoms with Gasteiger partial charge >= 0.3 is 0 Å². The number of nitrogens with one attached hydrogen (secondary N) is 1. The number of benzene rings is 1. The maximum atomic E-state index is 3.99. The van der Waals surface area contributed by atoms with Crippen LogP contribution in [0.1, 0.15) is 58.4 Å². The van der Waals surface area contributed by atoms with Gasteiger partial charge in [0.1, 0.15) is 0 Å². The Morgan fingerprint density at radius 3 is 2.37 bits per heavy atom. The molecule has 0 aliphatic rings. The van der Waals surface area contributed by atoms with Crippen LogP contribution in [0.2, 0.25) is 0 Å². The highest BCUT2D eigenvalue weighted by Crippen LogP contribution is 2.23.